The van der Waals surface area contributed by atoms with E-state index in [0.29, 0.717) is 5.13 Å². The first-order valence-electron chi connectivity index (χ1n) is 10.8. The quantitative estimate of drug-likeness (QED) is 0.508. The summed E-state index contributed by atoms with van der Waals surface area (Å²) in [7, 11) is 0. The monoisotopic (exact) mass is 455 g/mol. The van der Waals surface area contributed by atoms with Gasteiger partial charge in [0.1, 0.15) is 0 Å². The third kappa shape index (κ3) is 4.88. The molecule has 1 N–H and O–H groups in total. The highest BCUT2D eigenvalue weighted by Crippen LogP contribution is 2.38. The number of carbonyl (C=O) groups is 4. The van der Waals surface area contributed by atoms with Gasteiger partial charge < -0.3 is 4.74 Å². The number of esters is 1. The number of benzene rings is 1. The van der Waals surface area contributed by atoms with Crippen molar-refractivity contribution in [2.45, 2.75) is 39.0 Å². The largest absolute Gasteiger partial charge is 0.456 e. The number of hydrogen-bond acceptors (Lipinski definition) is 7. The predicted octanol–water partition coefficient (Wildman–Crippen LogP) is 3.17. The molecule has 8 nitrogen and oxygen atoms in total. The first kappa shape index (κ1) is 22.1. The number of aryl methyl sites for hydroxylation is 1. The molecule has 9 heteroatoms. The molecule has 3 amide bonds. The molecule has 1 saturated heterocycles. The van der Waals surface area contributed by atoms with Crippen LogP contribution in [0.2, 0.25) is 0 Å². The number of fused-ring (bicyclic) bond motifs is 1. The molecule has 2 heterocycles. The van der Waals surface area contributed by atoms with Gasteiger partial charge in [-0.05, 0) is 19.8 Å². The van der Waals surface area contributed by atoms with E-state index in [0.717, 1.165) is 42.5 Å². The van der Waals surface area contributed by atoms with Crippen LogP contribution in [0.1, 0.15) is 37.7 Å². The lowest BCUT2D eigenvalue weighted by Gasteiger charge is -2.19. The molecule has 0 radical (unpaired) electrons. The van der Waals surface area contributed by atoms with E-state index in [1.807, 2.05) is 36.6 Å². The number of nitrogens with one attached hydrogen (secondary N) is 1. The third-order valence-corrected chi connectivity index (χ3v) is 6.69. The van der Waals surface area contributed by atoms with E-state index in [1.165, 1.54) is 16.2 Å². The van der Waals surface area contributed by atoms with Gasteiger partial charge in [0.05, 0.1) is 24.0 Å². The normalized spacial score (nSPS) is 20.2. The number of likely N-dealkylation sites (tertiary alicyclic amines) is 1. The van der Waals surface area contributed by atoms with Gasteiger partial charge in [-0.2, -0.15) is 0 Å². The molecule has 0 bridgehead atoms. The van der Waals surface area contributed by atoms with Crippen LogP contribution in [0.5, 0.6) is 0 Å². The Morgan fingerprint density at radius 3 is 2.44 bits per heavy atom. The van der Waals surface area contributed by atoms with Gasteiger partial charge in [-0.3, -0.25) is 29.4 Å². The van der Waals surface area contributed by atoms with E-state index < -0.39 is 18.5 Å². The third-order valence-electron chi connectivity index (χ3n) is 5.93. The van der Waals surface area contributed by atoms with Crippen molar-refractivity contribution in [3.63, 3.8) is 0 Å². The Bertz CT molecular complexity index is 1010. The van der Waals surface area contributed by atoms with Crippen molar-refractivity contribution in [3.05, 3.63) is 35.2 Å². The van der Waals surface area contributed by atoms with Crippen LogP contribution in [0, 0.1) is 18.8 Å². The summed E-state index contributed by atoms with van der Waals surface area (Å²) < 4.78 is 5.01. The van der Waals surface area contributed by atoms with Crippen LogP contribution >= 0.6 is 11.3 Å². The molecule has 2 fully saturated rings. The van der Waals surface area contributed by atoms with E-state index in [2.05, 4.69) is 10.3 Å². The standard InChI is InChI=1S/C23H25N3O5S/c1-14-6-8-15(9-7-14)18-13-32-23(24-18)25-19(27)12-31-20(28)10-11-26-21(29)16-4-2-3-5-17(16)22(26)30/h6-9,13,16-17H,2-5,10-12H2,1H3,(H,24,25,27)/t16-,17-/m1/s1. The number of nitrogens with zero attached hydrogens (tertiary/aromatic N) is 2. The molecular weight excluding hydrogens is 430 g/mol. The van der Waals surface area contributed by atoms with Crippen LogP contribution in [0.25, 0.3) is 11.3 Å². The average molecular weight is 456 g/mol. The highest BCUT2D eigenvalue weighted by molar-refractivity contribution is 7.14. The Morgan fingerprint density at radius 2 is 1.78 bits per heavy atom. The Kier molecular flexibility index (Phi) is 6.64. The zero-order chi connectivity index (χ0) is 22.7. The van der Waals surface area contributed by atoms with Gasteiger partial charge in [0.15, 0.2) is 11.7 Å². The predicted molar refractivity (Wildman–Crippen MR) is 119 cm³/mol. The number of thiazole rings is 1. The highest BCUT2D eigenvalue weighted by atomic mass is 32.1. The summed E-state index contributed by atoms with van der Waals surface area (Å²) >= 11 is 1.28. The Morgan fingerprint density at radius 1 is 1.12 bits per heavy atom. The summed E-state index contributed by atoms with van der Waals surface area (Å²) in [5.41, 5.74) is 2.85. The van der Waals surface area contributed by atoms with Crippen LogP contribution in [-0.2, 0) is 23.9 Å². The Labute approximate surface area is 190 Å². The number of carbonyl (C=O) groups excluding carboxylic acids is 4. The Hall–Kier alpha value is -3.07. The summed E-state index contributed by atoms with van der Waals surface area (Å²) in [5, 5.41) is 4.87. The van der Waals surface area contributed by atoms with Gasteiger partial charge >= 0.3 is 5.97 Å². The second-order valence-corrected chi connectivity index (χ2v) is 9.05. The van der Waals surface area contributed by atoms with Crippen molar-refractivity contribution in [2.24, 2.45) is 11.8 Å². The topological polar surface area (TPSA) is 106 Å². The smallest absolute Gasteiger partial charge is 0.308 e. The minimum absolute atomic E-state index is 0.00247. The first-order chi connectivity index (χ1) is 15.4. The van der Waals surface area contributed by atoms with Crippen molar-refractivity contribution in [2.75, 3.05) is 18.5 Å². The molecule has 0 spiro atoms. The van der Waals surface area contributed by atoms with E-state index in [-0.39, 0.29) is 36.6 Å². The Balaban J connectivity index is 1.21. The molecular formula is C23H25N3O5S. The lowest BCUT2D eigenvalue weighted by atomic mass is 9.81. The zero-order valence-corrected chi connectivity index (χ0v) is 18.7. The minimum Gasteiger partial charge on any atom is -0.456 e. The van der Waals surface area contributed by atoms with Crippen LogP contribution in [0.4, 0.5) is 5.13 Å². The zero-order valence-electron chi connectivity index (χ0n) is 17.8. The number of hydrogen-bond donors (Lipinski definition) is 1. The van der Waals surface area contributed by atoms with Gasteiger partial charge in [-0.15, -0.1) is 11.3 Å². The molecule has 2 aromatic rings. The van der Waals surface area contributed by atoms with Crippen molar-refractivity contribution in [1.29, 1.82) is 0 Å². The molecule has 4 rings (SSSR count). The molecule has 1 aromatic carbocycles. The summed E-state index contributed by atoms with van der Waals surface area (Å²) in [6.45, 7) is 1.55. The van der Waals surface area contributed by atoms with Gasteiger partial charge in [-0.1, -0.05) is 42.7 Å². The molecule has 2 aliphatic rings. The maximum Gasteiger partial charge on any atom is 0.308 e. The lowest BCUT2D eigenvalue weighted by molar-refractivity contribution is -0.148. The van der Waals surface area contributed by atoms with Crippen molar-refractivity contribution >= 4 is 40.2 Å². The minimum atomic E-state index is -0.630. The molecule has 32 heavy (non-hydrogen) atoms. The van der Waals surface area contributed by atoms with Gasteiger partial charge in [0.2, 0.25) is 11.8 Å². The maximum absolute atomic E-state index is 12.4. The van der Waals surface area contributed by atoms with E-state index >= 15 is 0 Å². The van der Waals surface area contributed by atoms with Crippen LogP contribution in [-0.4, -0.2) is 46.7 Å². The van der Waals surface area contributed by atoms with Crippen LogP contribution in [0.3, 0.4) is 0 Å². The van der Waals surface area contributed by atoms with Crippen LogP contribution in [0.15, 0.2) is 29.6 Å². The summed E-state index contributed by atoms with van der Waals surface area (Å²) in [6, 6.07) is 7.90. The van der Waals surface area contributed by atoms with Gasteiger partial charge in [0.25, 0.3) is 5.91 Å². The second-order valence-electron chi connectivity index (χ2n) is 8.19. The fourth-order valence-electron chi connectivity index (χ4n) is 4.22. The lowest BCUT2D eigenvalue weighted by Crippen LogP contribution is -2.33. The fourth-order valence-corrected chi connectivity index (χ4v) is 4.95. The molecule has 1 aliphatic heterocycles. The molecule has 1 aromatic heterocycles. The molecule has 168 valence electrons. The molecule has 2 atom stereocenters. The van der Waals surface area contributed by atoms with E-state index in [9.17, 15) is 19.2 Å². The number of rotatable bonds is 7. The number of amides is 3. The number of ether oxygens (including phenoxy) is 1. The van der Waals surface area contributed by atoms with E-state index in [4.69, 9.17) is 4.74 Å². The summed E-state index contributed by atoms with van der Waals surface area (Å²) in [4.78, 5) is 54.6. The molecule has 0 unspecified atom stereocenters. The summed E-state index contributed by atoms with van der Waals surface area (Å²) in [5.74, 6) is -1.96. The van der Waals surface area contributed by atoms with Gasteiger partial charge in [0, 0.05) is 17.5 Å². The number of anilines is 1. The molecule has 1 aliphatic carbocycles. The highest BCUT2D eigenvalue weighted by Gasteiger charge is 2.47. The maximum atomic E-state index is 12.4. The first-order valence-corrected chi connectivity index (χ1v) is 11.6. The van der Waals surface area contributed by atoms with Crippen molar-refractivity contribution in [3.8, 4) is 11.3 Å². The van der Waals surface area contributed by atoms with Crippen molar-refractivity contribution < 1.29 is 23.9 Å². The average Bonchev–Trinajstić information content (AvgIpc) is 3.35. The fraction of sp³-hybridized carbons (Fsp3) is 0.435. The molecule has 1 saturated carbocycles. The number of aromatic nitrogens is 1. The van der Waals surface area contributed by atoms with Gasteiger partial charge in [-0.25, -0.2) is 4.98 Å². The summed E-state index contributed by atoms with van der Waals surface area (Å²) in [6.07, 6.45) is 3.25. The van der Waals surface area contributed by atoms with Crippen molar-refractivity contribution in [1.82, 2.24) is 9.88 Å². The van der Waals surface area contributed by atoms with E-state index in [1.54, 1.807) is 0 Å². The number of imide groups is 1. The second kappa shape index (κ2) is 9.60. The SMILES string of the molecule is Cc1ccc(-c2csc(NC(=O)COC(=O)CCN3C(=O)[C@@H]4CCCC[C@H]4C3=O)n2)cc1. The van der Waals surface area contributed by atoms with Crippen LogP contribution < -0.4 is 5.32 Å².